The molecule has 27 heavy (non-hydrogen) atoms. The van der Waals surface area contributed by atoms with Gasteiger partial charge < -0.3 is 15.5 Å². The van der Waals surface area contributed by atoms with Crippen molar-refractivity contribution in [1.82, 2.24) is 19.9 Å². The second-order valence-corrected chi connectivity index (χ2v) is 7.89. The molecular formula is C21H32N6. The van der Waals surface area contributed by atoms with Gasteiger partial charge in [-0.1, -0.05) is 19.9 Å². The van der Waals surface area contributed by atoms with Gasteiger partial charge in [-0.25, -0.2) is 4.98 Å². The van der Waals surface area contributed by atoms with E-state index >= 15 is 0 Å². The molecule has 0 bridgehead atoms. The summed E-state index contributed by atoms with van der Waals surface area (Å²) >= 11 is 0. The van der Waals surface area contributed by atoms with Crippen molar-refractivity contribution >= 4 is 11.8 Å². The monoisotopic (exact) mass is 368 g/mol. The summed E-state index contributed by atoms with van der Waals surface area (Å²) in [7, 11) is 0. The number of piperidine rings is 1. The lowest BCUT2D eigenvalue weighted by molar-refractivity contribution is 0.198. The van der Waals surface area contributed by atoms with Gasteiger partial charge in [0.25, 0.3) is 0 Å². The maximum absolute atomic E-state index is 4.73. The Bertz CT molecular complexity index is 723. The van der Waals surface area contributed by atoms with Crippen molar-refractivity contribution in [1.29, 1.82) is 0 Å². The average Bonchev–Trinajstić information content (AvgIpc) is 2.66. The van der Waals surface area contributed by atoms with Gasteiger partial charge in [0.05, 0.1) is 12.2 Å². The number of nitrogens with one attached hydrogen (secondary N) is 2. The zero-order valence-electron chi connectivity index (χ0n) is 17.0. The molecule has 0 amide bonds. The van der Waals surface area contributed by atoms with Crippen molar-refractivity contribution in [3.63, 3.8) is 0 Å². The van der Waals surface area contributed by atoms with Crippen molar-refractivity contribution < 1.29 is 0 Å². The summed E-state index contributed by atoms with van der Waals surface area (Å²) in [6, 6.07) is 6.39. The molecule has 6 nitrogen and oxygen atoms in total. The Hall–Kier alpha value is -2.21. The topological polar surface area (TPSA) is 66.0 Å². The predicted octanol–water partition coefficient (Wildman–Crippen LogP) is 3.63. The smallest absolute Gasteiger partial charge is 0.225 e. The minimum atomic E-state index is 0.477. The number of anilines is 2. The van der Waals surface area contributed by atoms with Crippen LogP contribution >= 0.6 is 0 Å². The van der Waals surface area contributed by atoms with E-state index in [1.807, 2.05) is 25.1 Å². The highest BCUT2D eigenvalue weighted by atomic mass is 15.2. The average molecular weight is 369 g/mol. The predicted molar refractivity (Wildman–Crippen MR) is 111 cm³/mol. The highest BCUT2D eigenvalue weighted by molar-refractivity contribution is 5.50. The van der Waals surface area contributed by atoms with Gasteiger partial charge in [-0.15, -0.1) is 0 Å². The van der Waals surface area contributed by atoms with Crippen LogP contribution in [0, 0.1) is 19.8 Å². The summed E-state index contributed by atoms with van der Waals surface area (Å²) in [6.45, 7) is 12.8. The van der Waals surface area contributed by atoms with E-state index in [4.69, 9.17) is 4.98 Å². The van der Waals surface area contributed by atoms with Crippen molar-refractivity contribution in [3.8, 4) is 0 Å². The molecule has 3 heterocycles. The molecule has 2 aromatic heterocycles. The number of hydrogen-bond donors (Lipinski definition) is 2. The van der Waals surface area contributed by atoms with Crippen LogP contribution in [0.3, 0.4) is 0 Å². The molecule has 0 unspecified atom stereocenters. The van der Waals surface area contributed by atoms with Gasteiger partial charge in [0.1, 0.15) is 5.82 Å². The Kier molecular flexibility index (Phi) is 6.61. The first-order valence-corrected chi connectivity index (χ1v) is 9.99. The van der Waals surface area contributed by atoms with E-state index in [0.717, 1.165) is 54.6 Å². The largest absolute Gasteiger partial charge is 0.367 e. The quantitative estimate of drug-likeness (QED) is 0.778. The van der Waals surface area contributed by atoms with Gasteiger partial charge in [0.15, 0.2) is 0 Å². The van der Waals surface area contributed by atoms with Crippen LogP contribution in [-0.2, 0) is 6.54 Å². The van der Waals surface area contributed by atoms with Crippen LogP contribution in [0.4, 0.5) is 11.8 Å². The summed E-state index contributed by atoms with van der Waals surface area (Å²) in [5, 5.41) is 6.97. The summed E-state index contributed by atoms with van der Waals surface area (Å²) in [6.07, 6.45) is 4.12. The lowest BCUT2D eigenvalue weighted by atomic mass is 10.0. The fourth-order valence-corrected chi connectivity index (χ4v) is 3.49. The Morgan fingerprint density at radius 1 is 1.15 bits per heavy atom. The van der Waals surface area contributed by atoms with E-state index in [2.05, 4.69) is 46.3 Å². The van der Waals surface area contributed by atoms with E-state index < -0.39 is 0 Å². The van der Waals surface area contributed by atoms with E-state index in [0.29, 0.717) is 18.5 Å². The van der Waals surface area contributed by atoms with Crippen LogP contribution in [0.2, 0.25) is 0 Å². The summed E-state index contributed by atoms with van der Waals surface area (Å²) in [5.74, 6) is 2.34. The van der Waals surface area contributed by atoms with E-state index in [1.54, 1.807) is 6.20 Å². The lowest BCUT2D eigenvalue weighted by Crippen LogP contribution is -2.40. The van der Waals surface area contributed by atoms with Crippen LogP contribution < -0.4 is 10.6 Å². The number of pyridine rings is 1. The molecule has 1 saturated heterocycles. The van der Waals surface area contributed by atoms with Crippen LogP contribution in [0.5, 0.6) is 0 Å². The SMILES string of the molecule is Cc1nc(NCc2ccccn2)nc(NC2CCN(CC(C)C)CC2)c1C. The highest BCUT2D eigenvalue weighted by Crippen LogP contribution is 2.22. The van der Waals surface area contributed by atoms with Gasteiger partial charge >= 0.3 is 0 Å². The Labute approximate surface area is 162 Å². The Morgan fingerprint density at radius 2 is 1.93 bits per heavy atom. The Morgan fingerprint density at radius 3 is 2.59 bits per heavy atom. The molecule has 1 aliphatic rings. The first-order chi connectivity index (χ1) is 13.0. The van der Waals surface area contributed by atoms with Gasteiger partial charge in [-0.2, -0.15) is 4.98 Å². The van der Waals surface area contributed by atoms with Crippen LogP contribution in [0.1, 0.15) is 43.6 Å². The maximum Gasteiger partial charge on any atom is 0.225 e. The molecule has 0 aliphatic carbocycles. The summed E-state index contributed by atoms with van der Waals surface area (Å²) in [5.41, 5.74) is 3.11. The molecule has 0 spiro atoms. The molecule has 2 aromatic rings. The molecule has 0 atom stereocenters. The third-order valence-corrected chi connectivity index (χ3v) is 5.09. The van der Waals surface area contributed by atoms with E-state index in [9.17, 15) is 0 Å². The minimum Gasteiger partial charge on any atom is -0.367 e. The van der Waals surface area contributed by atoms with Crippen molar-refractivity contribution in [3.05, 3.63) is 41.3 Å². The van der Waals surface area contributed by atoms with E-state index in [-0.39, 0.29) is 0 Å². The molecule has 3 rings (SSSR count). The van der Waals surface area contributed by atoms with Gasteiger partial charge in [-0.3, -0.25) is 4.98 Å². The fourth-order valence-electron chi connectivity index (χ4n) is 3.49. The molecule has 6 heteroatoms. The fraction of sp³-hybridized carbons (Fsp3) is 0.571. The number of nitrogens with zero attached hydrogens (tertiary/aromatic N) is 4. The number of rotatable bonds is 7. The summed E-state index contributed by atoms with van der Waals surface area (Å²) < 4.78 is 0. The standard InChI is InChI=1S/C21H32N6/c1-15(2)14-27-11-8-18(9-12-27)25-20-16(3)17(4)24-21(26-20)23-13-19-7-5-6-10-22-19/h5-7,10,15,18H,8-9,11-14H2,1-4H3,(H2,23,24,25,26). The number of aryl methyl sites for hydroxylation is 1. The minimum absolute atomic E-state index is 0.477. The zero-order valence-corrected chi connectivity index (χ0v) is 17.0. The van der Waals surface area contributed by atoms with Gasteiger partial charge in [0, 0.05) is 43.1 Å². The first-order valence-electron chi connectivity index (χ1n) is 9.99. The second kappa shape index (κ2) is 9.13. The Balaban J connectivity index is 1.61. The molecule has 146 valence electrons. The molecule has 2 N–H and O–H groups in total. The van der Waals surface area contributed by atoms with Crippen LogP contribution in [0.25, 0.3) is 0 Å². The zero-order chi connectivity index (χ0) is 19.2. The second-order valence-electron chi connectivity index (χ2n) is 7.89. The summed E-state index contributed by atoms with van der Waals surface area (Å²) in [4.78, 5) is 16.2. The number of aromatic nitrogens is 3. The molecule has 1 fully saturated rings. The number of likely N-dealkylation sites (tertiary alicyclic amines) is 1. The van der Waals surface area contributed by atoms with E-state index in [1.165, 1.54) is 6.54 Å². The highest BCUT2D eigenvalue weighted by Gasteiger charge is 2.21. The molecule has 0 aromatic carbocycles. The van der Waals surface area contributed by atoms with Crippen molar-refractivity contribution in [2.75, 3.05) is 30.3 Å². The normalized spacial score (nSPS) is 15.9. The van der Waals surface area contributed by atoms with Crippen molar-refractivity contribution in [2.24, 2.45) is 5.92 Å². The lowest BCUT2D eigenvalue weighted by Gasteiger charge is -2.33. The molecular weight excluding hydrogens is 336 g/mol. The molecule has 0 saturated carbocycles. The van der Waals surface area contributed by atoms with Crippen LogP contribution in [0.15, 0.2) is 24.4 Å². The maximum atomic E-state index is 4.73. The number of hydrogen-bond acceptors (Lipinski definition) is 6. The van der Waals surface area contributed by atoms with Gasteiger partial charge in [-0.05, 0) is 44.7 Å². The van der Waals surface area contributed by atoms with Crippen molar-refractivity contribution in [2.45, 2.75) is 53.1 Å². The third-order valence-electron chi connectivity index (χ3n) is 5.09. The van der Waals surface area contributed by atoms with Gasteiger partial charge in [0.2, 0.25) is 5.95 Å². The molecule has 0 radical (unpaired) electrons. The van der Waals surface area contributed by atoms with Crippen LogP contribution in [-0.4, -0.2) is 45.5 Å². The molecule has 1 aliphatic heterocycles. The first kappa shape index (κ1) is 19.5. The third kappa shape index (κ3) is 5.63.